The van der Waals surface area contributed by atoms with Crippen molar-refractivity contribution in [2.75, 3.05) is 19.3 Å². The fraction of sp³-hybridized carbons (Fsp3) is 0.429. The van der Waals surface area contributed by atoms with Gasteiger partial charge in [0.05, 0.1) is 4.90 Å². The second-order valence-corrected chi connectivity index (χ2v) is 10.1. The third-order valence-electron chi connectivity index (χ3n) is 5.76. The number of aromatic nitrogens is 2. The quantitative estimate of drug-likeness (QED) is 0.751. The third kappa shape index (κ3) is 4.68. The molecular weight excluding hydrogens is 420 g/mol. The highest BCUT2D eigenvalue weighted by molar-refractivity contribution is 7.90. The van der Waals surface area contributed by atoms with E-state index >= 15 is 0 Å². The molecule has 2 aromatic rings. The molecule has 1 aliphatic carbocycles. The van der Waals surface area contributed by atoms with E-state index in [1.807, 2.05) is 4.90 Å². The standard InChI is InChI=1S/C21H24N4O5S/c1-31(29,30)18-6-2-14(3-7-18)15-12-22-19(23-13-15)20(26)25(16-4-5-16)17-8-10-24(11-9-17)21(27)28/h2-3,6-7,12-13,16-17H,4-5,8-11H2,1H3,(H,27,28). The van der Waals surface area contributed by atoms with Crippen LogP contribution in [0.3, 0.4) is 0 Å². The van der Waals surface area contributed by atoms with E-state index in [-0.39, 0.29) is 28.7 Å². The van der Waals surface area contributed by atoms with Gasteiger partial charge in [0.1, 0.15) is 0 Å². The summed E-state index contributed by atoms with van der Waals surface area (Å²) in [4.78, 5) is 36.3. The Labute approximate surface area is 180 Å². The maximum absolute atomic E-state index is 13.1. The topological polar surface area (TPSA) is 121 Å². The van der Waals surface area contributed by atoms with E-state index in [1.165, 1.54) is 17.0 Å². The molecule has 2 aliphatic rings. The van der Waals surface area contributed by atoms with Crippen LogP contribution in [0, 0.1) is 0 Å². The summed E-state index contributed by atoms with van der Waals surface area (Å²) in [5.41, 5.74) is 1.44. The van der Waals surface area contributed by atoms with E-state index in [0.717, 1.165) is 24.7 Å². The fourth-order valence-corrected chi connectivity index (χ4v) is 4.55. The van der Waals surface area contributed by atoms with Crippen LogP contribution in [0.2, 0.25) is 0 Å². The minimum absolute atomic E-state index is 0.0117. The first-order valence-corrected chi connectivity index (χ1v) is 12.1. The van der Waals surface area contributed by atoms with Crippen LogP contribution in [0.4, 0.5) is 4.79 Å². The van der Waals surface area contributed by atoms with Crippen molar-refractivity contribution in [2.45, 2.75) is 42.7 Å². The first-order chi connectivity index (χ1) is 14.7. The minimum atomic E-state index is -3.27. The zero-order valence-electron chi connectivity index (χ0n) is 17.1. The fourth-order valence-electron chi connectivity index (χ4n) is 3.92. The number of hydrogen-bond donors (Lipinski definition) is 1. The van der Waals surface area contributed by atoms with Gasteiger partial charge in [0, 0.05) is 49.4 Å². The molecule has 2 amide bonds. The van der Waals surface area contributed by atoms with Crippen LogP contribution in [0.25, 0.3) is 11.1 Å². The van der Waals surface area contributed by atoms with E-state index < -0.39 is 15.9 Å². The molecule has 1 aromatic heterocycles. The molecule has 2 heterocycles. The van der Waals surface area contributed by atoms with Gasteiger partial charge in [-0.1, -0.05) is 12.1 Å². The van der Waals surface area contributed by atoms with Crippen LogP contribution in [0.15, 0.2) is 41.6 Å². The maximum Gasteiger partial charge on any atom is 0.407 e. The molecule has 1 saturated carbocycles. The van der Waals surface area contributed by atoms with Gasteiger partial charge in [0.15, 0.2) is 9.84 Å². The van der Waals surface area contributed by atoms with Crippen molar-refractivity contribution in [1.29, 1.82) is 0 Å². The number of benzene rings is 1. The molecule has 0 radical (unpaired) electrons. The van der Waals surface area contributed by atoms with Crippen molar-refractivity contribution in [1.82, 2.24) is 19.8 Å². The van der Waals surface area contributed by atoms with Crippen molar-refractivity contribution in [2.24, 2.45) is 0 Å². The molecule has 2 fully saturated rings. The summed E-state index contributed by atoms with van der Waals surface area (Å²) in [5.74, 6) is -0.112. The van der Waals surface area contributed by atoms with Crippen LogP contribution in [0.1, 0.15) is 36.3 Å². The number of piperidine rings is 1. The third-order valence-corrected chi connectivity index (χ3v) is 6.89. The zero-order chi connectivity index (χ0) is 22.2. The Bertz CT molecular complexity index is 1070. The first-order valence-electron chi connectivity index (χ1n) is 10.2. The van der Waals surface area contributed by atoms with Gasteiger partial charge >= 0.3 is 6.09 Å². The summed E-state index contributed by atoms with van der Waals surface area (Å²) in [6.07, 6.45) is 6.46. The molecule has 0 spiro atoms. The minimum Gasteiger partial charge on any atom is -0.465 e. The molecule has 9 nitrogen and oxygen atoms in total. The first kappa shape index (κ1) is 21.2. The van der Waals surface area contributed by atoms with E-state index in [4.69, 9.17) is 5.11 Å². The number of amides is 2. The number of likely N-dealkylation sites (tertiary alicyclic amines) is 1. The Morgan fingerprint density at radius 1 is 0.968 bits per heavy atom. The smallest absolute Gasteiger partial charge is 0.407 e. The van der Waals surface area contributed by atoms with Gasteiger partial charge in [-0.15, -0.1) is 0 Å². The lowest BCUT2D eigenvalue weighted by molar-refractivity contribution is 0.0539. The SMILES string of the molecule is CS(=O)(=O)c1ccc(-c2cnc(C(=O)N(C3CC3)C3CCN(C(=O)O)CC3)nc2)cc1. The molecule has 0 unspecified atom stereocenters. The van der Waals surface area contributed by atoms with Gasteiger partial charge in [-0.05, 0) is 43.4 Å². The van der Waals surface area contributed by atoms with Crippen LogP contribution in [-0.4, -0.2) is 76.7 Å². The van der Waals surface area contributed by atoms with E-state index in [1.54, 1.807) is 24.5 Å². The zero-order valence-corrected chi connectivity index (χ0v) is 18.0. The van der Waals surface area contributed by atoms with Gasteiger partial charge in [0.25, 0.3) is 5.91 Å². The van der Waals surface area contributed by atoms with E-state index in [9.17, 15) is 18.0 Å². The molecule has 0 atom stereocenters. The van der Waals surface area contributed by atoms with Gasteiger partial charge < -0.3 is 14.9 Å². The second-order valence-electron chi connectivity index (χ2n) is 8.04. The van der Waals surface area contributed by atoms with Crippen LogP contribution in [-0.2, 0) is 9.84 Å². The predicted octanol–water partition coefficient (Wildman–Crippen LogP) is 2.29. The summed E-state index contributed by atoms with van der Waals surface area (Å²) in [5, 5.41) is 9.14. The van der Waals surface area contributed by atoms with E-state index in [0.29, 0.717) is 31.5 Å². The maximum atomic E-state index is 13.1. The predicted molar refractivity (Wildman–Crippen MR) is 112 cm³/mol. The lowest BCUT2D eigenvalue weighted by atomic mass is 10.0. The molecule has 1 N–H and O–H groups in total. The molecule has 0 bridgehead atoms. The summed E-state index contributed by atoms with van der Waals surface area (Å²) in [6.45, 7) is 0.833. The van der Waals surface area contributed by atoms with Crippen molar-refractivity contribution < 1.29 is 23.1 Å². The second kappa shape index (κ2) is 8.26. The molecule has 4 rings (SSSR count). The average Bonchev–Trinajstić information content (AvgIpc) is 3.59. The Kier molecular flexibility index (Phi) is 5.65. The van der Waals surface area contributed by atoms with Gasteiger partial charge in [-0.3, -0.25) is 4.79 Å². The number of nitrogens with zero attached hydrogens (tertiary/aromatic N) is 4. The van der Waals surface area contributed by atoms with E-state index in [2.05, 4.69) is 9.97 Å². The molecule has 1 saturated heterocycles. The summed E-state index contributed by atoms with van der Waals surface area (Å²) >= 11 is 0. The Morgan fingerprint density at radius 3 is 2.00 bits per heavy atom. The van der Waals surface area contributed by atoms with Crippen LogP contribution >= 0.6 is 0 Å². The molecule has 31 heavy (non-hydrogen) atoms. The molecule has 164 valence electrons. The molecule has 1 aliphatic heterocycles. The molecule has 10 heteroatoms. The average molecular weight is 445 g/mol. The normalized spacial score (nSPS) is 17.4. The van der Waals surface area contributed by atoms with Gasteiger partial charge in [-0.2, -0.15) is 0 Å². The van der Waals surface area contributed by atoms with Crippen molar-refractivity contribution in [3.05, 3.63) is 42.5 Å². The number of rotatable bonds is 5. The number of carbonyl (C=O) groups excluding carboxylic acids is 1. The largest absolute Gasteiger partial charge is 0.465 e. The Hall–Kier alpha value is -3.01. The summed E-state index contributed by atoms with van der Waals surface area (Å²) in [7, 11) is -3.27. The van der Waals surface area contributed by atoms with Crippen LogP contribution in [0.5, 0.6) is 0 Å². The van der Waals surface area contributed by atoms with Crippen molar-refractivity contribution in [3.8, 4) is 11.1 Å². The molecule has 1 aromatic carbocycles. The van der Waals surface area contributed by atoms with Crippen LogP contribution < -0.4 is 0 Å². The van der Waals surface area contributed by atoms with Crippen molar-refractivity contribution in [3.63, 3.8) is 0 Å². The monoisotopic (exact) mass is 444 g/mol. The number of hydrogen-bond acceptors (Lipinski definition) is 6. The van der Waals surface area contributed by atoms with Gasteiger partial charge in [-0.25, -0.2) is 23.2 Å². The highest BCUT2D eigenvalue weighted by Gasteiger charge is 2.40. The number of sulfone groups is 1. The lowest BCUT2D eigenvalue weighted by Crippen LogP contribution is -2.49. The Balaban J connectivity index is 1.48. The summed E-state index contributed by atoms with van der Waals surface area (Å²) < 4.78 is 23.2. The lowest BCUT2D eigenvalue weighted by Gasteiger charge is -2.37. The highest BCUT2D eigenvalue weighted by Crippen LogP contribution is 2.33. The molecular formula is C21H24N4O5S. The summed E-state index contributed by atoms with van der Waals surface area (Å²) in [6, 6.07) is 6.58. The van der Waals surface area contributed by atoms with Crippen molar-refractivity contribution >= 4 is 21.8 Å². The number of carbonyl (C=O) groups is 2. The number of carboxylic acid groups (broad SMARTS) is 1. The highest BCUT2D eigenvalue weighted by atomic mass is 32.2. The van der Waals surface area contributed by atoms with Gasteiger partial charge in [0.2, 0.25) is 5.82 Å². The Morgan fingerprint density at radius 2 is 1.52 bits per heavy atom.